The third-order valence-corrected chi connectivity index (χ3v) is 1.39. The van der Waals surface area contributed by atoms with Gasteiger partial charge in [0.05, 0.1) is 36.9 Å². The summed E-state index contributed by atoms with van der Waals surface area (Å²) in [5.74, 6) is -5.58. The van der Waals surface area contributed by atoms with Gasteiger partial charge in [-0.05, 0) is 0 Å². The van der Waals surface area contributed by atoms with Crippen molar-refractivity contribution in [3.8, 4) is 0 Å². The quantitative estimate of drug-likeness (QED) is 0.329. The molecule has 0 bridgehead atoms. The van der Waals surface area contributed by atoms with Crippen molar-refractivity contribution in [2.24, 2.45) is 11.5 Å². The van der Waals surface area contributed by atoms with E-state index in [-0.39, 0.29) is 40.0 Å². The number of nitrogens with two attached hydrogens (primary N) is 2. The summed E-state index contributed by atoms with van der Waals surface area (Å²) < 4.78 is 0. The van der Waals surface area contributed by atoms with Crippen molar-refractivity contribution in [2.75, 3.05) is 0 Å². The van der Waals surface area contributed by atoms with Crippen LogP contribution in [0.3, 0.4) is 0 Å². The van der Waals surface area contributed by atoms with Gasteiger partial charge in [0.25, 0.3) is 0 Å². The Hall–Kier alpha value is -0.954. The van der Waals surface area contributed by atoms with E-state index in [9.17, 15) is 29.4 Å². The molecule has 0 unspecified atom stereocenters. The van der Waals surface area contributed by atoms with Crippen LogP contribution in [-0.4, -0.2) is 69.2 Å². The Morgan fingerprint density at radius 2 is 1.05 bits per heavy atom. The Morgan fingerprint density at radius 3 is 1.10 bits per heavy atom. The van der Waals surface area contributed by atoms with Crippen molar-refractivity contribution in [2.45, 2.75) is 24.9 Å². The van der Waals surface area contributed by atoms with Gasteiger partial charge in [-0.15, -0.1) is 17.0 Å². The number of aliphatic carboxylic acids is 4. The van der Waals surface area contributed by atoms with Crippen LogP contribution < -0.4 is 21.7 Å². The molecule has 0 aliphatic carbocycles. The molecule has 10 nitrogen and oxygen atoms in total. The largest absolute Gasteiger partial charge is 2.00 e. The molecule has 0 aliphatic heterocycles. The number of hydrogen-bond acceptors (Lipinski definition) is 8. The van der Waals surface area contributed by atoms with E-state index in [2.05, 4.69) is 0 Å². The van der Waals surface area contributed by atoms with Gasteiger partial charge in [0, 0.05) is 0 Å². The second-order valence-corrected chi connectivity index (χ2v) is 3.05. The molecule has 6 N–H and O–H groups in total. The number of halogens is 1. The van der Waals surface area contributed by atoms with E-state index in [0.29, 0.717) is 0 Å². The fourth-order valence-electron chi connectivity index (χ4n) is 0.543. The Bertz CT molecular complexity index is 308. The van der Waals surface area contributed by atoms with Crippen molar-refractivity contribution in [1.29, 1.82) is 0 Å². The van der Waals surface area contributed by atoms with Gasteiger partial charge in [0.2, 0.25) is 0 Å². The summed E-state index contributed by atoms with van der Waals surface area (Å²) in [5.41, 5.74) is 9.55. The van der Waals surface area contributed by atoms with Crippen LogP contribution in [0.1, 0.15) is 12.8 Å². The van der Waals surface area contributed by atoms with Gasteiger partial charge in [-0.25, -0.2) is 0 Å². The molecule has 2 atom stereocenters. The molecule has 0 radical (unpaired) electrons. The maximum Gasteiger partial charge on any atom is 2.00 e. The zero-order chi connectivity index (χ0) is 14.9. The minimum absolute atomic E-state index is 0. The number of carboxylic acid groups (broad SMARTS) is 4. The second-order valence-electron chi connectivity index (χ2n) is 3.05. The van der Waals surface area contributed by atoms with Gasteiger partial charge in [0.15, 0.2) is 0 Å². The monoisotopic (exact) mass is 368 g/mol. The van der Waals surface area contributed by atoms with Crippen LogP contribution in [0.5, 0.6) is 0 Å². The first-order valence-corrected chi connectivity index (χ1v) is 4.44. The van der Waals surface area contributed by atoms with Crippen LogP contribution in [0, 0.1) is 0 Å². The number of carbonyl (C=O) groups is 4. The molecule has 0 saturated carbocycles. The van der Waals surface area contributed by atoms with Crippen LogP contribution in [-0.2, 0) is 19.2 Å². The van der Waals surface area contributed by atoms with Gasteiger partial charge >= 0.3 is 35.0 Å². The van der Waals surface area contributed by atoms with Crippen LogP contribution in [0.2, 0.25) is 0 Å². The topological polar surface area (TPSA) is 207 Å². The fourth-order valence-corrected chi connectivity index (χ4v) is 0.543. The average Bonchev–Trinajstić information content (AvgIpc) is 2.16. The summed E-state index contributed by atoms with van der Waals surface area (Å²) in [6.07, 6.45) is -1.19. The molecule has 0 amide bonds. The predicted molar refractivity (Wildman–Crippen MR) is 66.5 cm³/mol. The minimum atomic E-state index is -1.54. The van der Waals surface area contributed by atoms with E-state index in [1.54, 1.807) is 0 Å². The van der Waals surface area contributed by atoms with E-state index < -0.39 is 48.8 Å². The molecule has 0 aromatic rings. The first-order valence-electron chi connectivity index (χ1n) is 4.44. The summed E-state index contributed by atoms with van der Waals surface area (Å²) in [4.78, 5) is 39.0. The van der Waals surface area contributed by atoms with Gasteiger partial charge in [-0.1, -0.05) is 0 Å². The predicted octanol–water partition coefficient (Wildman–Crippen LogP) is -4.73. The molecular formula is C8H13BrMgN2O8. The zero-order valence-electron chi connectivity index (χ0n) is 10.2. The van der Waals surface area contributed by atoms with E-state index in [4.69, 9.17) is 21.7 Å². The van der Waals surface area contributed by atoms with Crippen LogP contribution in [0.15, 0.2) is 0 Å². The SMILES string of the molecule is Br.N[C@@H](CC(=O)O)C(=O)[O-].N[C@@H](CC(=O)O)C(=O)[O-].[Mg+2]. The first kappa shape index (κ1) is 27.4. The molecule has 20 heavy (non-hydrogen) atoms. The number of rotatable bonds is 6. The molecule has 12 heteroatoms. The summed E-state index contributed by atoms with van der Waals surface area (Å²) in [6, 6.07) is -2.80. The van der Waals surface area contributed by atoms with E-state index in [1.165, 1.54) is 0 Å². The number of carboxylic acids is 4. The van der Waals surface area contributed by atoms with Crippen molar-refractivity contribution >= 4 is 63.9 Å². The van der Waals surface area contributed by atoms with Gasteiger partial charge in [-0.3, -0.25) is 9.59 Å². The van der Waals surface area contributed by atoms with Crippen LogP contribution >= 0.6 is 17.0 Å². The summed E-state index contributed by atoms with van der Waals surface area (Å²) >= 11 is 0. The summed E-state index contributed by atoms with van der Waals surface area (Å²) in [7, 11) is 0. The zero-order valence-corrected chi connectivity index (χ0v) is 13.3. The molecule has 0 heterocycles. The Balaban J connectivity index is -0.000000116. The maximum atomic E-state index is 9.74. The molecule has 0 aliphatic rings. The van der Waals surface area contributed by atoms with Crippen LogP contribution in [0.4, 0.5) is 0 Å². The van der Waals surface area contributed by atoms with E-state index >= 15 is 0 Å². The molecule has 0 saturated heterocycles. The van der Waals surface area contributed by atoms with Crippen molar-refractivity contribution in [1.82, 2.24) is 0 Å². The van der Waals surface area contributed by atoms with Crippen molar-refractivity contribution in [3.63, 3.8) is 0 Å². The molecule has 0 aromatic heterocycles. The second kappa shape index (κ2) is 14.5. The molecule has 0 aromatic carbocycles. The van der Waals surface area contributed by atoms with Gasteiger partial charge in [-0.2, -0.15) is 0 Å². The molecule has 0 rings (SSSR count). The van der Waals surface area contributed by atoms with Crippen LogP contribution in [0.25, 0.3) is 0 Å². The van der Waals surface area contributed by atoms with Crippen molar-refractivity contribution in [3.05, 3.63) is 0 Å². The minimum Gasteiger partial charge on any atom is -0.548 e. The summed E-state index contributed by atoms with van der Waals surface area (Å²) in [6.45, 7) is 0. The van der Waals surface area contributed by atoms with E-state index in [0.717, 1.165) is 0 Å². The molecule has 0 fully saturated rings. The molecule has 112 valence electrons. The fraction of sp³-hybridized carbons (Fsp3) is 0.500. The molecular weight excluding hydrogens is 356 g/mol. The Labute approximate surface area is 140 Å². The maximum absolute atomic E-state index is 9.74. The third-order valence-electron chi connectivity index (χ3n) is 1.39. The van der Waals surface area contributed by atoms with Gasteiger partial charge < -0.3 is 41.5 Å². The average molecular weight is 369 g/mol. The Morgan fingerprint density at radius 1 is 0.850 bits per heavy atom. The Kier molecular flexibility index (Phi) is 19.8. The number of carbonyl (C=O) groups excluding carboxylic acids is 2. The first-order chi connectivity index (χ1) is 8.07. The summed E-state index contributed by atoms with van der Waals surface area (Å²) in [5, 5.41) is 35.4. The number of hydrogen-bond donors (Lipinski definition) is 4. The normalized spacial score (nSPS) is 11.3. The van der Waals surface area contributed by atoms with Crippen molar-refractivity contribution < 1.29 is 39.6 Å². The third kappa shape index (κ3) is 19.4. The molecule has 0 spiro atoms. The van der Waals surface area contributed by atoms with Gasteiger partial charge in [0.1, 0.15) is 0 Å². The smallest absolute Gasteiger partial charge is 0.548 e. The standard InChI is InChI=1S/2C4H7NO4.BrH.Mg/c2*5-2(4(8)9)1-3(6)7;;/h2*2H,1,5H2,(H,6,7)(H,8,9);1H;/q;;;+2/p-2/t2*2-;;/m00../s1. The van der Waals surface area contributed by atoms with E-state index in [1.807, 2.05) is 0 Å².